The fraction of sp³-hybridized carbons (Fsp3) is 0.542. The molecule has 0 bridgehead atoms. The number of benzene rings is 1. The van der Waals surface area contributed by atoms with Gasteiger partial charge in [-0.3, -0.25) is 19.2 Å². The Morgan fingerprint density at radius 1 is 0.892 bits per heavy atom. The molecule has 0 heterocycles. The number of amides is 4. The van der Waals surface area contributed by atoms with E-state index < -0.39 is 53.8 Å². The van der Waals surface area contributed by atoms with E-state index in [-0.39, 0.29) is 25.7 Å². The number of carbonyl (C=O) groups excluding carboxylic acids is 4. The van der Waals surface area contributed by atoms with Crippen molar-refractivity contribution in [3.8, 4) is 0 Å². The number of carboxylic acids is 1. The standard InChI is InChI=1S/C24H38N6O6S/c1-37-12-10-18(23(34)30-19(24(35)36)13-15-7-3-2-4-8-15)29-22(33)17(9-5-6-11-25)28-21(32)16(26)14-20(27)31/h2-4,7-8,16-19H,5-6,9-14,25-26H2,1H3,(H2,27,31)(H,28,32)(H,29,33)(H,30,34)(H,35,36). The maximum Gasteiger partial charge on any atom is 0.326 e. The summed E-state index contributed by atoms with van der Waals surface area (Å²) < 4.78 is 0. The van der Waals surface area contributed by atoms with Crippen LogP contribution in [0.4, 0.5) is 0 Å². The van der Waals surface area contributed by atoms with Gasteiger partial charge in [0.2, 0.25) is 23.6 Å². The summed E-state index contributed by atoms with van der Waals surface area (Å²) in [5.74, 6) is -3.46. The lowest BCUT2D eigenvalue weighted by molar-refractivity contribution is -0.142. The van der Waals surface area contributed by atoms with Gasteiger partial charge in [0, 0.05) is 6.42 Å². The lowest BCUT2D eigenvalue weighted by Gasteiger charge is -2.25. The third-order valence-electron chi connectivity index (χ3n) is 5.48. The number of hydrogen-bond acceptors (Lipinski definition) is 8. The largest absolute Gasteiger partial charge is 0.480 e. The number of aliphatic carboxylic acids is 1. The van der Waals surface area contributed by atoms with Gasteiger partial charge in [0.15, 0.2) is 0 Å². The van der Waals surface area contributed by atoms with Crippen molar-refractivity contribution in [2.24, 2.45) is 17.2 Å². The zero-order valence-corrected chi connectivity index (χ0v) is 21.8. The van der Waals surface area contributed by atoms with Gasteiger partial charge in [0.05, 0.1) is 12.5 Å². The number of primary amides is 1. The van der Waals surface area contributed by atoms with Crippen molar-refractivity contribution in [1.82, 2.24) is 16.0 Å². The van der Waals surface area contributed by atoms with Crippen LogP contribution in [0.2, 0.25) is 0 Å². The molecule has 0 fully saturated rings. The highest BCUT2D eigenvalue weighted by Gasteiger charge is 2.30. The Bertz CT molecular complexity index is 903. The Kier molecular flexibility index (Phi) is 14.9. The van der Waals surface area contributed by atoms with Gasteiger partial charge in [-0.05, 0) is 49.8 Å². The molecule has 12 nitrogen and oxygen atoms in total. The zero-order chi connectivity index (χ0) is 27.8. The molecule has 10 N–H and O–H groups in total. The Morgan fingerprint density at radius 3 is 2.00 bits per heavy atom. The molecule has 4 amide bonds. The second-order valence-corrected chi connectivity index (χ2v) is 9.54. The molecule has 0 spiro atoms. The predicted octanol–water partition coefficient (Wildman–Crippen LogP) is -1.15. The predicted molar refractivity (Wildman–Crippen MR) is 141 cm³/mol. The third-order valence-corrected chi connectivity index (χ3v) is 6.12. The molecule has 1 aromatic rings. The van der Waals surface area contributed by atoms with Crippen LogP contribution in [-0.4, -0.2) is 77.4 Å². The van der Waals surface area contributed by atoms with Crippen LogP contribution in [-0.2, 0) is 30.4 Å². The summed E-state index contributed by atoms with van der Waals surface area (Å²) in [5.41, 5.74) is 17.1. The van der Waals surface area contributed by atoms with Crippen LogP contribution in [0.5, 0.6) is 0 Å². The van der Waals surface area contributed by atoms with Crippen LogP contribution in [0.25, 0.3) is 0 Å². The minimum Gasteiger partial charge on any atom is -0.480 e. The van der Waals surface area contributed by atoms with E-state index in [0.717, 1.165) is 5.56 Å². The average molecular weight is 539 g/mol. The Hall–Kier alpha value is -3.16. The van der Waals surface area contributed by atoms with Gasteiger partial charge in [0.1, 0.15) is 18.1 Å². The summed E-state index contributed by atoms with van der Waals surface area (Å²) in [5, 5.41) is 17.3. The highest BCUT2D eigenvalue weighted by Crippen LogP contribution is 2.08. The molecule has 0 aliphatic rings. The summed E-state index contributed by atoms with van der Waals surface area (Å²) in [4.78, 5) is 61.5. The molecule has 0 aliphatic heterocycles. The van der Waals surface area contributed by atoms with Crippen molar-refractivity contribution in [2.75, 3.05) is 18.6 Å². The lowest BCUT2D eigenvalue weighted by Crippen LogP contribution is -2.57. The molecule has 4 unspecified atom stereocenters. The SMILES string of the molecule is CSCCC(NC(=O)C(CCCCN)NC(=O)C(N)CC(N)=O)C(=O)NC(Cc1ccccc1)C(=O)O. The number of rotatable bonds is 18. The molecule has 0 saturated heterocycles. The van der Waals surface area contributed by atoms with Crippen molar-refractivity contribution in [3.63, 3.8) is 0 Å². The van der Waals surface area contributed by atoms with E-state index in [0.29, 0.717) is 25.1 Å². The van der Waals surface area contributed by atoms with Crippen LogP contribution < -0.4 is 33.2 Å². The first-order valence-electron chi connectivity index (χ1n) is 12.0. The van der Waals surface area contributed by atoms with E-state index in [1.807, 2.05) is 6.26 Å². The van der Waals surface area contributed by atoms with Crippen LogP contribution >= 0.6 is 11.8 Å². The monoisotopic (exact) mass is 538 g/mol. The Labute approximate surface area is 220 Å². The zero-order valence-electron chi connectivity index (χ0n) is 21.0. The molecule has 37 heavy (non-hydrogen) atoms. The van der Waals surface area contributed by atoms with E-state index in [1.54, 1.807) is 30.3 Å². The molecule has 1 rings (SSSR count). The van der Waals surface area contributed by atoms with Crippen LogP contribution in [0.15, 0.2) is 30.3 Å². The van der Waals surface area contributed by atoms with Gasteiger partial charge in [0.25, 0.3) is 0 Å². The smallest absolute Gasteiger partial charge is 0.326 e. The fourth-order valence-electron chi connectivity index (χ4n) is 3.45. The molecule has 0 aromatic heterocycles. The van der Waals surface area contributed by atoms with Crippen molar-refractivity contribution in [1.29, 1.82) is 0 Å². The van der Waals surface area contributed by atoms with Crippen LogP contribution in [0.3, 0.4) is 0 Å². The topological polar surface area (TPSA) is 220 Å². The first-order chi connectivity index (χ1) is 17.6. The maximum atomic E-state index is 13.1. The molecule has 206 valence electrons. The van der Waals surface area contributed by atoms with Gasteiger partial charge in [-0.2, -0.15) is 11.8 Å². The quantitative estimate of drug-likeness (QED) is 0.112. The van der Waals surface area contributed by atoms with Crippen molar-refractivity contribution >= 4 is 41.4 Å². The van der Waals surface area contributed by atoms with Gasteiger partial charge in [-0.25, -0.2) is 4.79 Å². The molecular weight excluding hydrogens is 500 g/mol. The normalized spacial score (nSPS) is 14.0. The maximum absolute atomic E-state index is 13.1. The summed E-state index contributed by atoms with van der Waals surface area (Å²) in [6.45, 7) is 0.389. The molecule has 0 aliphatic carbocycles. The number of thioether (sulfide) groups is 1. The van der Waals surface area contributed by atoms with E-state index in [1.165, 1.54) is 11.8 Å². The molecule has 4 atom stereocenters. The van der Waals surface area contributed by atoms with Crippen molar-refractivity contribution in [3.05, 3.63) is 35.9 Å². The van der Waals surface area contributed by atoms with Crippen LogP contribution in [0, 0.1) is 0 Å². The van der Waals surface area contributed by atoms with Crippen molar-refractivity contribution < 1.29 is 29.1 Å². The second-order valence-electron chi connectivity index (χ2n) is 8.55. The lowest BCUT2D eigenvalue weighted by atomic mass is 10.0. The van der Waals surface area contributed by atoms with Gasteiger partial charge < -0.3 is 38.3 Å². The van der Waals surface area contributed by atoms with Gasteiger partial charge in [-0.1, -0.05) is 30.3 Å². The number of nitrogens with one attached hydrogen (secondary N) is 3. The van der Waals surface area contributed by atoms with E-state index >= 15 is 0 Å². The highest BCUT2D eigenvalue weighted by atomic mass is 32.2. The highest BCUT2D eigenvalue weighted by molar-refractivity contribution is 7.98. The molecule has 0 saturated carbocycles. The molecule has 13 heteroatoms. The molecular formula is C24H38N6O6S. The summed E-state index contributed by atoms with van der Waals surface area (Å²) in [7, 11) is 0. The Balaban J connectivity index is 2.98. The van der Waals surface area contributed by atoms with Crippen LogP contribution in [0.1, 0.15) is 37.7 Å². The second kappa shape index (κ2) is 17.3. The van der Waals surface area contributed by atoms with Gasteiger partial charge >= 0.3 is 5.97 Å². The number of nitrogens with two attached hydrogens (primary N) is 3. The van der Waals surface area contributed by atoms with Crippen molar-refractivity contribution in [2.45, 2.75) is 62.7 Å². The fourth-order valence-corrected chi connectivity index (χ4v) is 3.92. The number of carboxylic acid groups (broad SMARTS) is 1. The van der Waals surface area contributed by atoms with E-state index in [4.69, 9.17) is 17.2 Å². The number of hydrogen-bond donors (Lipinski definition) is 7. The van der Waals surface area contributed by atoms with Gasteiger partial charge in [-0.15, -0.1) is 0 Å². The molecule has 1 aromatic carbocycles. The summed E-state index contributed by atoms with van der Waals surface area (Å²) >= 11 is 1.46. The minimum absolute atomic E-state index is 0.0701. The number of carbonyl (C=O) groups is 5. The number of unbranched alkanes of at least 4 members (excludes halogenated alkanes) is 1. The third kappa shape index (κ3) is 12.6. The minimum atomic E-state index is -1.23. The first kappa shape index (κ1) is 31.9. The summed E-state index contributed by atoms with van der Waals surface area (Å²) in [6, 6.07) is 4.35. The first-order valence-corrected chi connectivity index (χ1v) is 13.4. The summed E-state index contributed by atoms with van der Waals surface area (Å²) in [6.07, 6.45) is 3.09. The Morgan fingerprint density at radius 2 is 1.46 bits per heavy atom. The van der Waals surface area contributed by atoms with E-state index in [9.17, 15) is 29.1 Å². The molecule has 0 radical (unpaired) electrons. The van der Waals surface area contributed by atoms with E-state index in [2.05, 4.69) is 16.0 Å². The average Bonchev–Trinajstić information content (AvgIpc) is 2.85.